The number of nitro groups is 1. The van der Waals surface area contributed by atoms with Gasteiger partial charge in [0.2, 0.25) is 0 Å². The number of amides is 1. The van der Waals surface area contributed by atoms with Crippen LogP contribution in [0.2, 0.25) is 0 Å². The summed E-state index contributed by atoms with van der Waals surface area (Å²) in [5.41, 5.74) is 2.29. The highest BCUT2D eigenvalue weighted by molar-refractivity contribution is 9.10. The fourth-order valence-corrected chi connectivity index (χ4v) is 3.48. The smallest absolute Gasteiger partial charge is 0.284 e. The Morgan fingerprint density at radius 3 is 2.59 bits per heavy atom. The van der Waals surface area contributed by atoms with Crippen molar-refractivity contribution in [3.05, 3.63) is 68.2 Å². The van der Waals surface area contributed by atoms with E-state index in [1.54, 1.807) is 6.07 Å². The van der Waals surface area contributed by atoms with E-state index in [-0.39, 0.29) is 17.2 Å². The molecule has 1 N–H and O–H groups in total. The Kier molecular flexibility index (Phi) is 6.08. The number of nitrogens with zero attached hydrogens (tertiary/aromatic N) is 3. The Balaban J connectivity index is 1.71. The monoisotopic (exact) mass is 432 g/mol. The van der Waals surface area contributed by atoms with Crippen LogP contribution in [0.4, 0.5) is 11.4 Å². The molecular weight excluding hydrogens is 412 g/mol. The fraction of sp³-hybridized carbons (Fsp3) is 0.316. The zero-order chi connectivity index (χ0) is 19.4. The molecule has 27 heavy (non-hydrogen) atoms. The molecule has 1 fully saturated rings. The summed E-state index contributed by atoms with van der Waals surface area (Å²) < 4.78 is 0.351. The van der Waals surface area contributed by atoms with Crippen LogP contribution in [-0.2, 0) is 6.54 Å². The molecule has 3 rings (SSSR count). The van der Waals surface area contributed by atoms with Crippen molar-refractivity contribution in [2.75, 3.05) is 38.1 Å². The topological polar surface area (TPSA) is 78.7 Å². The van der Waals surface area contributed by atoms with E-state index in [9.17, 15) is 14.9 Å². The number of nitro benzene ring substituents is 1. The van der Waals surface area contributed by atoms with Gasteiger partial charge in [-0.2, -0.15) is 0 Å². The molecule has 1 heterocycles. The Morgan fingerprint density at radius 1 is 1.19 bits per heavy atom. The van der Waals surface area contributed by atoms with Crippen LogP contribution >= 0.6 is 15.9 Å². The summed E-state index contributed by atoms with van der Waals surface area (Å²) in [6.45, 7) is 4.26. The van der Waals surface area contributed by atoms with Crippen molar-refractivity contribution < 1.29 is 9.72 Å². The molecule has 0 saturated carbocycles. The quantitative estimate of drug-likeness (QED) is 0.580. The summed E-state index contributed by atoms with van der Waals surface area (Å²) in [6, 6.07) is 12.4. The zero-order valence-corrected chi connectivity index (χ0v) is 16.6. The summed E-state index contributed by atoms with van der Waals surface area (Å²) in [4.78, 5) is 27.6. The van der Waals surface area contributed by atoms with Crippen molar-refractivity contribution >= 4 is 33.2 Å². The van der Waals surface area contributed by atoms with Crippen molar-refractivity contribution in [3.8, 4) is 0 Å². The normalized spacial score (nSPS) is 14.8. The lowest BCUT2D eigenvalue weighted by atomic mass is 10.1. The van der Waals surface area contributed by atoms with Gasteiger partial charge in [-0.05, 0) is 46.7 Å². The molecule has 1 aliphatic rings. The number of likely N-dealkylation sites (N-methyl/N-ethyl adjacent to an activating group) is 1. The number of carbonyl (C=O) groups excluding carboxylic acids is 1. The third-order valence-corrected chi connectivity index (χ3v) is 5.35. The first-order valence-corrected chi connectivity index (χ1v) is 9.48. The van der Waals surface area contributed by atoms with Crippen LogP contribution < -0.4 is 10.2 Å². The molecule has 8 heteroatoms. The Morgan fingerprint density at radius 2 is 1.89 bits per heavy atom. The van der Waals surface area contributed by atoms with Crippen molar-refractivity contribution in [2.24, 2.45) is 0 Å². The minimum absolute atomic E-state index is 0.125. The summed E-state index contributed by atoms with van der Waals surface area (Å²) in [6.07, 6.45) is 0. The van der Waals surface area contributed by atoms with Crippen molar-refractivity contribution in [2.45, 2.75) is 6.54 Å². The minimum atomic E-state index is -0.510. The third-order valence-electron chi connectivity index (χ3n) is 4.68. The molecule has 0 aliphatic carbocycles. The van der Waals surface area contributed by atoms with E-state index in [0.717, 1.165) is 37.4 Å². The summed E-state index contributed by atoms with van der Waals surface area (Å²) >= 11 is 3.13. The summed E-state index contributed by atoms with van der Waals surface area (Å²) in [5, 5.41) is 13.9. The van der Waals surface area contributed by atoms with E-state index in [0.29, 0.717) is 11.0 Å². The molecule has 1 aliphatic heterocycles. The van der Waals surface area contributed by atoms with Gasteiger partial charge in [0.1, 0.15) is 0 Å². The number of rotatable bonds is 5. The second kappa shape index (κ2) is 8.49. The Bertz CT molecular complexity index is 851. The standard InChI is InChI=1S/C19H21BrN4O3/c1-22-8-10-23(11-9-22)17-5-3-2-4-15(17)13-21-19(25)14-6-7-16(20)18(12-14)24(26)27/h2-7,12H,8-11,13H2,1H3,(H,21,25). The predicted octanol–water partition coefficient (Wildman–Crippen LogP) is 3.04. The molecule has 0 bridgehead atoms. The van der Waals surface area contributed by atoms with Crippen LogP contribution in [0.15, 0.2) is 46.9 Å². The first kappa shape index (κ1) is 19.3. The number of piperazine rings is 1. The second-order valence-corrected chi connectivity index (χ2v) is 7.38. The van der Waals surface area contributed by atoms with Crippen LogP contribution in [0.5, 0.6) is 0 Å². The fourth-order valence-electron chi connectivity index (χ4n) is 3.09. The van der Waals surface area contributed by atoms with Crippen LogP contribution in [0.25, 0.3) is 0 Å². The first-order valence-electron chi connectivity index (χ1n) is 8.69. The van der Waals surface area contributed by atoms with Gasteiger partial charge < -0.3 is 15.1 Å². The van der Waals surface area contributed by atoms with Crippen molar-refractivity contribution in [1.82, 2.24) is 10.2 Å². The molecule has 7 nitrogen and oxygen atoms in total. The Hall–Kier alpha value is -2.45. The molecule has 2 aromatic carbocycles. The molecule has 142 valence electrons. The second-order valence-electron chi connectivity index (χ2n) is 6.53. The maximum absolute atomic E-state index is 12.5. The highest BCUT2D eigenvalue weighted by atomic mass is 79.9. The van der Waals surface area contributed by atoms with E-state index in [1.165, 1.54) is 12.1 Å². The van der Waals surface area contributed by atoms with Crippen LogP contribution in [0.1, 0.15) is 15.9 Å². The molecule has 0 unspecified atom stereocenters. The number of benzene rings is 2. The van der Waals surface area contributed by atoms with Gasteiger partial charge in [-0.25, -0.2) is 0 Å². The lowest BCUT2D eigenvalue weighted by molar-refractivity contribution is -0.385. The molecular formula is C19H21BrN4O3. The summed E-state index contributed by atoms with van der Waals surface area (Å²) in [5.74, 6) is -0.334. The van der Waals surface area contributed by atoms with Gasteiger partial charge in [-0.3, -0.25) is 14.9 Å². The maximum atomic E-state index is 12.5. The molecule has 0 aromatic heterocycles. The number of para-hydroxylation sites is 1. The van der Waals surface area contributed by atoms with Crippen LogP contribution in [0, 0.1) is 10.1 Å². The number of hydrogen-bond acceptors (Lipinski definition) is 5. The van der Waals surface area contributed by atoms with Gasteiger partial charge in [0.05, 0.1) is 9.40 Å². The first-order chi connectivity index (χ1) is 13.0. The zero-order valence-electron chi connectivity index (χ0n) is 15.0. The highest BCUT2D eigenvalue weighted by Gasteiger charge is 2.18. The molecule has 0 radical (unpaired) electrons. The number of hydrogen-bond donors (Lipinski definition) is 1. The number of nitrogens with one attached hydrogen (secondary N) is 1. The van der Waals surface area contributed by atoms with E-state index in [4.69, 9.17) is 0 Å². The minimum Gasteiger partial charge on any atom is -0.369 e. The van der Waals surface area contributed by atoms with E-state index >= 15 is 0 Å². The number of carbonyl (C=O) groups is 1. The Labute approximate surface area is 166 Å². The average molecular weight is 433 g/mol. The molecule has 0 spiro atoms. The van der Waals surface area contributed by atoms with Gasteiger partial charge in [0.15, 0.2) is 0 Å². The SMILES string of the molecule is CN1CCN(c2ccccc2CNC(=O)c2ccc(Br)c([N+](=O)[O-])c2)CC1. The maximum Gasteiger partial charge on any atom is 0.284 e. The van der Waals surface area contributed by atoms with Gasteiger partial charge >= 0.3 is 0 Å². The average Bonchev–Trinajstić information content (AvgIpc) is 2.67. The molecule has 0 atom stereocenters. The lowest BCUT2D eigenvalue weighted by Gasteiger charge is -2.35. The van der Waals surface area contributed by atoms with Crippen molar-refractivity contribution in [1.29, 1.82) is 0 Å². The van der Waals surface area contributed by atoms with E-state index < -0.39 is 4.92 Å². The van der Waals surface area contributed by atoms with Gasteiger partial charge in [0.25, 0.3) is 11.6 Å². The van der Waals surface area contributed by atoms with Gasteiger partial charge in [-0.1, -0.05) is 18.2 Å². The predicted molar refractivity (Wildman–Crippen MR) is 108 cm³/mol. The largest absolute Gasteiger partial charge is 0.369 e. The highest BCUT2D eigenvalue weighted by Crippen LogP contribution is 2.26. The van der Waals surface area contributed by atoms with Crippen LogP contribution in [-0.4, -0.2) is 49.0 Å². The van der Waals surface area contributed by atoms with Crippen LogP contribution in [0.3, 0.4) is 0 Å². The van der Waals surface area contributed by atoms with Crippen molar-refractivity contribution in [3.63, 3.8) is 0 Å². The van der Waals surface area contributed by atoms with Gasteiger partial charge in [-0.15, -0.1) is 0 Å². The van der Waals surface area contributed by atoms with Gasteiger partial charge in [0, 0.05) is 50.0 Å². The molecule has 2 aromatic rings. The molecule has 1 saturated heterocycles. The number of anilines is 1. The third kappa shape index (κ3) is 4.64. The molecule has 1 amide bonds. The number of halogens is 1. The van der Waals surface area contributed by atoms with E-state index in [1.807, 2.05) is 18.2 Å². The summed E-state index contributed by atoms with van der Waals surface area (Å²) in [7, 11) is 2.11. The lowest BCUT2D eigenvalue weighted by Crippen LogP contribution is -2.45. The van der Waals surface area contributed by atoms with E-state index in [2.05, 4.69) is 44.2 Å².